The summed E-state index contributed by atoms with van der Waals surface area (Å²) in [5.74, 6) is -1.14. The second kappa shape index (κ2) is 7.66. The topological polar surface area (TPSA) is 46.9 Å². The molecule has 26 heavy (non-hydrogen) atoms. The summed E-state index contributed by atoms with van der Waals surface area (Å²) in [6, 6.07) is 12.2. The molecule has 7 heteroatoms. The van der Waals surface area contributed by atoms with Crippen LogP contribution in [0.2, 0.25) is 5.15 Å². The summed E-state index contributed by atoms with van der Waals surface area (Å²) in [7, 11) is 0. The van der Waals surface area contributed by atoms with E-state index < -0.39 is 5.91 Å². The van der Waals surface area contributed by atoms with Crippen molar-refractivity contribution in [3.63, 3.8) is 0 Å². The van der Waals surface area contributed by atoms with Crippen LogP contribution in [0.25, 0.3) is 0 Å². The smallest absolute Gasteiger partial charge is 0.256 e. The molecule has 0 aliphatic rings. The van der Waals surface area contributed by atoms with Crippen molar-refractivity contribution in [3.8, 4) is 0 Å². The summed E-state index contributed by atoms with van der Waals surface area (Å²) in [6.07, 6.45) is 0. The Morgan fingerprint density at radius 3 is 2.54 bits per heavy atom. The minimum absolute atomic E-state index is 0.0460. The molecule has 1 heterocycles. The number of carbonyl (C=O) groups is 1. The van der Waals surface area contributed by atoms with Crippen molar-refractivity contribution in [1.29, 1.82) is 0 Å². The number of benzene rings is 2. The van der Waals surface area contributed by atoms with E-state index in [1.54, 1.807) is 37.3 Å². The zero-order chi connectivity index (χ0) is 18.7. The highest BCUT2D eigenvalue weighted by atomic mass is 35.5. The molecule has 0 saturated heterocycles. The number of aryl methyl sites for hydroxylation is 1. The number of carbonyl (C=O) groups excluding carboxylic acids is 1. The van der Waals surface area contributed by atoms with Crippen LogP contribution in [0.4, 0.5) is 8.78 Å². The van der Waals surface area contributed by atoms with E-state index in [1.807, 2.05) is 0 Å². The summed E-state index contributed by atoms with van der Waals surface area (Å²) in [6.45, 7) is 2.02. The fraction of sp³-hybridized carbons (Fsp3) is 0.158. The van der Waals surface area contributed by atoms with Gasteiger partial charge < -0.3 is 5.32 Å². The molecule has 0 unspecified atom stereocenters. The van der Waals surface area contributed by atoms with Gasteiger partial charge in [-0.3, -0.25) is 4.79 Å². The SMILES string of the molecule is Cc1nn(Cc2ccc(F)cc2)c(Cl)c1C(=O)NCc1ccccc1F. The lowest BCUT2D eigenvalue weighted by Crippen LogP contribution is -2.24. The van der Waals surface area contributed by atoms with Crippen LogP contribution < -0.4 is 5.32 Å². The van der Waals surface area contributed by atoms with Gasteiger partial charge in [0, 0.05) is 12.1 Å². The highest BCUT2D eigenvalue weighted by Gasteiger charge is 2.20. The molecule has 3 rings (SSSR count). The van der Waals surface area contributed by atoms with E-state index in [9.17, 15) is 13.6 Å². The van der Waals surface area contributed by atoms with Crippen molar-refractivity contribution in [2.75, 3.05) is 0 Å². The average molecular weight is 376 g/mol. The maximum absolute atomic E-state index is 13.7. The largest absolute Gasteiger partial charge is 0.348 e. The van der Waals surface area contributed by atoms with Crippen LogP contribution in [0.5, 0.6) is 0 Å². The van der Waals surface area contributed by atoms with E-state index in [2.05, 4.69) is 10.4 Å². The first-order valence-corrected chi connectivity index (χ1v) is 8.32. The van der Waals surface area contributed by atoms with Gasteiger partial charge in [0.15, 0.2) is 0 Å². The second-order valence-electron chi connectivity index (χ2n) is 5.81. The van der Waals surface area contributed by atoms with Gasteiger partial charge in [-0.15, -0.1) is 0 Å². The monoisotopic (exact) mass is 375 g/mol. The highest BCUT2D eigenvalue weighted by Crippen LogP contribution is 2.21. The van der Waals surface area contributed by atoms with Gasteiger partial charge in [-0.2, -0.15) is 5.10 Å². The van der Waals surface area contributed by atoms with E-state index in [0.717, 1.165) is 5.56 Å². The number of hydrogen-bond acceptors (Lipinski definition) is 2. The number of rotatable bonds is 5. The molecule has 1 amide bonds. The standard InChI is InChI=1S/C19H16ClF2N3O/c1-12-17(19(26)23-10-14-4-2-3-5-16(14)22)18(20)25(24-12)11-13-6-8-15(21)9-7-13/h2-9H,10-11H2,1H3,(H,23,26). The molecule has 2 aromatic carbocycles. The molecule has 0 aliphatic carbocycles. The number of hydrogen-bond donors (Lipinski definition) is 1. The Labute approximate surface area is 154 Å². The van der Waals surface area contributed by atoms with Crippen molar-refractivity contribution in [3.05, 3.63) is 87.7 Å². The van der Waals surface area contributed by atoms with Crippen LogP contribution in [0, 0.1) is 18.6 Å². The second-order valence-corrected chi connectivity index (χ2v) is 6.17. The average Bonchev–Trinajstić information content (AvgIpc) is 2.89. The van der Waals surface area contributed by atoms with Crippen LogP contribution >= 0.6 is 11.6 Å². The molecular formula is C19H16ClF2N3O. The number of nitrogens with one attached hydrogen (secondary N) is 1. The summed E-state index contributed by atoms with van der Waals surface area (Å²) < 4.78 is 28.1. The molecule has 0 aliphatic heterocycles. The predicted molar refractivity (Wildman–Crippen MR) is 95.0 cm³/mol. The summed E-state index contributed by atoms with van der Waals surface area (Å²) in [5, 5.41) is 7.11. The van der Waals surface area contributed by atoms with Gasteiger partial charge >= 0.3 is 0 Å². The summed E-state index contributed by atoms with van der Waals surface area (Å²) in [5.41, 5.74) is 1.88. The van der Waals surface area contributed by atoms with Gasteiger partial charge in [-0.1, -0.05) is 41.9 Å². The quantitative estimate of drug-likeness (QED) is 0.729. The van der Waals surface area contributed by atoms with E-state index >= 15 is 0 Å². The third kappa shape index (κ3) is 3.91. The van der Waals surface area contributed by atoms with Crippen LogP contribution in [0.15, 0.2) is 48.5 Å². The minimum Gasteiger partial charge on any atom is -0.348 e. The Bertz CT molecular complexity index is 938. The van der Waals surface area contributed by atoms with E-state index in [-0.39, 0.29) is 28.9 Å². The first-order valence-electron chi connectivity index (χ1n) is 7.94. The Balaban J connectivity index is 1.75. The lowest BCUT2D eigenvalue weighted by Gasteiger charge is -2.07. The summed E-state index contributed by atoms with van der Waals surface area (Å²) in [4.78, 5) is 12.5. The Hall–Kier alpha value is -2.73. The maximum atomic E-state index is 13.7. The van der Waals surface area contributed by atoms with Crippen LogP contribution in [-0.4, -0.2) is 15.7 Å². The molecule has 0 radical (unpaired) electrons. The van der Waals surface area contributed by atoms with Crippen LogP contribution in [-0.2, 0) is 13.1 Å². The molecule has 0 fully saturated rings. The third-order valence-electron chi connectivity index (χ3n) is 3.94. The first-order chi connectivity index (χ1) is 12.5. The molecule has 1 N–H and O–H groups in total. The maximum Gasteiger partial charge on any atom is 0.256 e. The molecule has 0 atom stereocenters. The normalized spacial score (nSPS) is 10.8. The van der Waals surface area contributed by atoms with Crippen molar-refractivity contribution < 1.29 is 13.6 Å². The summed E-state index contributed by atoms with van der Waals surface area (Å²) >= 11 is 6.31. The van der Waals surface area contributed by atoms with Crippen molar-refractivity contribution in [2.45, 2.75) is 20.0 Å². The molecular weight excluding hydrogens is 360 g/mol. The zero-order valence-corrected chi connectivity index (χ0v) is 14.7. The Kier molecular flexibility index (Phi) is 5.32. The molecule has 0 spiro atoms. The van der Waals surface area contributed by atoms with E-state index in [4.69, 9.17) is 11.6 Å². The van der Waals surface area contributed by atoms with Crippen molar-refractivity contribution >= 4 is 17.5 Å². The molecule has 0 saturated carbocycles. The van der Waals surface area contributed by atoms with Crippen LogP contribution in [0.1, 0.15) is 27.2 Å². The lowest BCUT2D eigenvalue weighted by molar-refractivity contribution is 0.0950. The lowest BCUT2D eigenvalue weighted by atomic mass is 10.2. The van der Waals surface area contributed by atoms with Gasteiger partial charge in [-0.05, 0) is 30.7 Å². The van der Waals surface area contributed by atoms with Crippen molar-refractivity contribution in [2.24, 2.45) is 0 Å². The van der Waals surface area contributed by atoms with Gasteiger partial charge in [0.25, 0.3) is 5.91 Å². The zero-order valence-electron chi connectivity index (χ0n) is 14.0. The number of nitrogens with zero attached hydrogens (tertiary/aromatic N) is 2. The number of amides is 1. The Morgan fingerprint density at radius 2 is 1.85 bits per heavy atom. The van der Waals surface area contributed by atoms with Gasteiger partial charge in [-0.25, -0.2) is 13.5 Å². The predicted octanol–water partition coefficient (Wildman–Crippen LogP) is 4.10. The molecule has 134 valence electrons. The highest BCUT2D eigenvalue weighted by molar-refractivity contribution is 6.33. The third-order valence-corrected chi connectivity index (χ3v) is 4.32. The molecule has 1 aromatic heterocycles. The number of halogens is 3. The molecule has 0 bridgehead atoms. The van der Waals surface area contributed by atoms with Crippen molar-refractivity contribution in [1.82, 2.24) is 15.1 Å². The fourth-order valence-electron chi connectivity index (χ4n) is 2.58. The van der Waals surface area contributed by atoms with Gasteiger partial charge in [0.1, 0.15) is 16.8 Å². The fourth-order valence-corrected chi connectivity index (χ4v) is 2.90. The van der Waals surface area contributed by atoms with E-state index in [1.165, 1.54) is 22.9 Å². The molecule has 3 aromatic rings. The molecule has 4 nitrogen and oxygen atoms in total. The van der Waals surface area contributed by atoms with Crippen LogP contribution in [0.3, 0.4) is 0 Å². The van der Waals surface area contributed by atoms with Gasteiger partial charge in [0.2, 0.25) is 0 Å². The minimum atomic E-state index is -0.430. The number of aromatic nitrogens is 2. The van der Waals surface area contributed by atoms with E-state index in [0.29, 0.717) is 17.8 Å². The van der Waals surface area contributed by atoms with Gasteiger partial charge in [0.05, 0.1) is 17.8 Å². The first kappa shape index (κ1) is 18.1. The Morgan fingerprint density at radius 1 is 1.15 bits per heavy atom.